The summed E-state index contributed by atoms with van der Waals surface area (Å²) in [4.78, 5) is 4.56. The molecule has 0 aromatic rings. The van der Waals surface area contributed by atoms with Gasteiger partial charge < -0.3 is 9.80 Å². The standard InChI is InChI=1S/C8H13N.C7H11N/c1-2-6-9-7-4-3-5-8-9;1-2-8-6-4-3-5-7-8/h3-5,7H,2,6,8H2,1H3;3-6H,2,7H2,1H3. The van der Waals surface area contributed by atoms with Gasteiger partial charge in [-0.15, -0.1) is 0 Å². The molecule has 0 saturated carbocycles. The minimum atomic E-state index is 1.08. The average molecular weight is 232 g/mol. The van der Waals surface area contributed by atoms with E-state index in [1.807, 2.05) is 0 Å². The Morgan fingerprint density at radius 1 is 0.824 bits per heavy atom. The van der Waals surface area contributed by atoms with Crippen LogP contribution >= 0.6 is 0 Å². The van der Waals surface area contributed by atoms with Crippen LogP contribution in [0, 0.1) is 0 Å². The molecule has 2 nitrogen and oxygen atoms in total. The summed E-state index contributed by atoms with van der Waals surface area (Å²) in [5.74, 6) is 0. The Morgan fingerprint density at radius 3 is 1.76 bits per heavy atom. The van der Waals surface area contributed by atoms with Gasteiger partial charge in [-0.1, -0.05) is 31.2 Å². The van der Waals surface area contributed by atoms with E-state index in [1.54, 1.807) is 0 Å². The highest BCUT2D eigenvalue weighted by Gasteiger charge is 1.94. The zero-order valence-electron chi connectivity index (χ0n) is 11.0. The molecular formula is C15H24N2. The topological polar surface area (TPSA) is 6.48 Å². The normalized spacial score (nSPS) is 17.1. The van der Waals surface area contributed by atoms with Gasteiger partial charge >= 0.3 is 0 Å². The van der Waals surface area contributed by atoms with Crippen LogP contribution in [-0.4, -0.2) is 36.0 Å². The second-order valence-electron chi connectivity index (χ2n) is 4.12. The highest BCUT2D eigenvalue weighted by Crippen LogP contribution is 1.98. The Bertz CT molecular complexity index is 300. The van der Waals surface area contributed by atoms with Gasteiger partial charge in [0.1, 0.15) is 0 Å². The molecule has 2 heterocycles. The minimum Gasteiger partial charge on any atom is -0.374 e. The van der Waals surface area contributed by atoms with Crippen molar-refractivity contribution in [3.8, 4) is 0 Å². The Morgan fingerprint density at radius 2 is 1.41 bits per heavy atom. The Labute approximate surface area is 106 Å². The predicted octanol–water partition coefficient (Wildman–Crippen LogP) is 3.17. The average Bonchev–Trinajstić information content (AvgIpc) is 2.42. The van der Waals surface area contributed by atoms with Crippen LogP contribution in [0.1, 0.15) is 20.3 Å². The lowest BCUT2D eigenvalue weighted by Gasteiger charge is -2.18. The lowest BCUT2D eigenvalue weighted by molar-refractivity contribution is 0.411. The summed E-state index contributed by atoms with van der Waals surface area (Å²) in [6.07, 6.45) is 18.1. The van der Waals surface area contributed by atoms with Gasteiger partial charge in [0, 0.05) is 26.2 Å². The van der Waals surface area contributed by atoms with Crippen LogP contribution in [0.25, 0.3) is 0 Å². The molecule has 0 radical (unpaired) electrons. The summed E-state index contributed by atoms with van der Waals surface area (Å²) in [7, 11) is 0. The molecule has 0 spiro atoms. The summed E-state index contributed by atoms with van der Waals surface area (Å²) in [5, 5.41) is 0. The fraction of sp³-hybridized carbons (Fsp3) is 0.467. The first-order valence-electron chi connectivity index (χ1n) is 6.51. The molecule has 0 fully saturated rings. The first kappa shape index (κ1) is 13.6. The van der Waals surface area contributed by atoms with Crippen LogP contribution in [0.3, 0.4) is 0 Å². The highest BCUT2D eigenvalue weighted by atomic mass is 15.1. The fourth-order valence-electron chi connectivity index (χ4n) is 1.70. The molecule has 0 unspecified atom stereocenters. The molecule has 17 heavy (non-hydrogen) atoms. The Hall–Kier alpha value is -1.44. The number of likely N-dealkylation sites (N-methyl/N-ethyl adjacent to an activating group) is 1. The van der Waals surface area contributed by atoms with Crippen molar-refractivity contribution in [2.75, 3.05) is 26.2 Å². The molecule has 94 valence electrons. The maximum atomic E-state index is 2.31. The monoisotopic (exact) mass is 232 g/mol. The van der Waals surface area contributed by atoms with Crippen molar-refractivity contribution in [3.05, 3.63) is 48.9 Å². The zero-order valence-corrected chi connectivity index (χ0v) is 11.0. The third-order valence-electron chi connectivity index (χ3n) is 2.68. The molecule has 2 aliphatic rings. The van der Waals surface area contributed by atoms with Crippen LogP contribution < -0.4 is 0 Å². The Kier molecular flexibility index (Phi) is 6.96. The van der Waals surface area contributed by atoms with E-state index in [0.717, 1.165) is 19.6 Å². The molecule has 2 rings (SSSR count). The maximum Gasteiger partial charge on any atom is 0.0357 e. The SMILES string of the molecule is CCCN1C=CC=CC1.CCN1C=CC=CC1. The van der Waals surface area contributed by atoms with Gasteiger partial charge in [-0.25, -0.2) is 0 Å². The van der Waals surface area contributed by atoms with Gasteiger partial charge in [0.05, 0.1) is 0 Å². The van der Waals surface area contributed by atoms with Crippen molar-refractivity contribution in [3.63, 3.8) is 0 Å². The van der Waals surface area contributed by atoms with E-state index in [4.69, 9.17) is 0 Å². The van der Waals surface area contributed by atoms with Crippen molar-refractivity contribution in [2.45, 2.75) is 20.3 Å². The third-order valence-corrected chi connectivity index (χ3v) is 2.68. The van der Waals surface area contributed by atoms with Crippen molar-refractivity contribution in [1.29, 1.82) is 0 Å². The van der Waals surface area contributed by atoms with Crippen molar-refractivity contribution >= 4 is 0 Å². The number of hydrogen-bond donors (Lipinski definition) is 0. The molecule has 0 saturated heterocycles. The lowest BCUT2D eigenvalue weighted by Crippen LogP contribution is -2.19. The van der Waals surface area contributed by atoms with Gasteiger partial charge in [-0.3, -0.25) is 0 Å². The summed E-state index contributed by atoms with van der Waals surface area (Å²) in [6, 6.07) is 0. The minimum absolute atomic E-state index is 1.08. The molecule has 0 amide bonds. The van der Waals surface area contributed by atoms with E-state index in [-0.39, 0.29) is 0 Å². The quantitative estimate of drug-likeness (QED) is 0.737. The second-order valence-corrected chi connectivity index (χ2v) is 4.12. The van der Waals surface area contributed by atoms with Crippen LogP contribution in [-0.2, 0) is 0 Å². The van der Waals surface area contributed by atoms with Gasteiger partial charge in [0.15, 0.2) is 0 Å². The molecule has 0 bridgehead atoms. The van der Waals surface area contributed by atoms with Crippen molar-refractivity contribution in [1.82, 2.24) is 9.80 Å². The van der Waals surface area contributed by atoms with Crippen LogP contribution in [0.4, 0.5) is 0 Å². The van der Waals surface area contributed by atoms with Gasteiger partial charge in [0.2, 0.25) is 0 Å². The number of allylic oxidation sites excluding steroid dienone is 4. The summed E-state index contributed by atoms with van der Waals surface area (Å²) in [6.45, 7) is 8.81. The van der Waals surface area contributed by atoms with E-state index < -0.39 is 0 Å². The van der Waals surface area contributed by atoms with E-state index in [9.17, 15) is 0 Å². The first-order chi connectivity index (χ1) is 8.36. The molecule has 2 heteroatoms. The molecular weight excluding hydrogens is 208 g/mol. The molecule has 0 N–H and O–H groups in total. The third kappa shape index (κ3) is 6.00. The summed E-state index contributed by atoms with van der Waals surface area (Å²) < 4.78 is 0. The molecule has 0 atom stereocenters. The lowest BCUT2D eigenvalue weighted by atomic mass is 10.3. The van der Waals surface area contributed by atoms with Crippen molar-refractivity contribution in [2.24, 2.45) is 0 Å². The van der Waals surface area contributed by atoms with Crippen LogP contribution in [0.5, 0.6) is 0 Å². The number of rotatable bonds is 3. The Balaban J connectivity index is 0.000000171. The van der Waals surface area contributed by atoms with E-state index in [1.165, 1.54) is 13.0 Å². The van der Waals surface area contributed by atoms with E-state index >= 15 is 0 Å². The van der Waals surface area contributed by atoms with Gasteiger partial charge in [-0.05, 0) is 37.9 Å². The largest absolute Gasteiger partial charge is 0.374 e. The number of hydrogen-bond acceptors (Lipinski definition) is 2. The van der Waals surface area contributed by atoms with Gasteiger partial charge in [0.25, 0.3) is 0 Å². The zero-order chi connectivity index (χ0) is 12.3. The van der Waals surface area contributed by atoms with E-state index in [2.05, 4.69) is 72.5 Å². The number of nitrogens with zero attached hydrogens (tertiary/aromatic N) is 2. The van der Waals surface area contributed by atoms with Gasteiger partial charge in [-0.2, -0.15) is 0 Å². The smallest absolute Gasteiger partial charge is 0.0357 e. The van der Waals surface area contributed by atoms with Crippen LogP contribution in [0.2, 0.25) is 0 Å². The summed E-state index contributed by atoms with van der Waals surface area (Å²) in [5.41, 5.74) is 0. The molecule has 2 aliphatic heterocycles. The fourth-order valence-corrected chi connectivity index (χ4v) is 1.70. The van der Waals surface area contributed by atoms with E-state index in [0.29, 0.717) is 0 Å². The maximum absolute atomic E-state index is 2.31. The predicted molar refractivity (Wildman–Crippen MR) is 75.7 cm³/mol. The molecule has 0 aromatic heterocycles. The second kappa shape index (κ2) is 8.68. The van der Waals surface area contributed by atoms with Crippen molar-refractivity contribution < 1.29 is 0 Å². The molecule has 0 aromatic carbocycles. The molecule has 0 aliphatic carbocycles. The van der Waals surface area contributed by atoms with Crippen LogP contribution in [0.15, 0.2) is 48.9 Å². The summed E-state index contributed by atoms with van der Waals surface area (Å²) >= 11 is 0. The first-order valence-corrected chi connectivity index (χ1v) is 6.51. The highest BCUT2D eigenvalue weighted by molar-refractivity contribution is 5.08.